The molecule has 1 fully saturated rings. The first kappa shape index (κ1) is 14.0. The highest BCUT2D eigenvalue weighted by Gasteiger charge is 2.30. The fourth-order valence-corrected chi connectivity index (χ4v) is 2.78. The Hall–Kier alpha value is -0.0400. The van der Waals surface area contributed by atoms with E-state index in [0.717, 1.165) is 25.7 Å². The van der Waals surface area contributed by atoms with Crippen molar-refractivity contribution in [1.29, 1.82) is 0 Å². The molecular formula is C14H25ClO. The van der Waals surface area contributed by atoms with Gasteiger partial charge in [0.25, 0.3) is 0 Å². The van der Waals surface area contributed by atoms with Crippen LogP contribution in [0.25, 0.3) is 0 Å². The third kappa shape index (κ3) is 4.86. The fourth-order valence-electron chi connectivity index (χ4n) is 2.59. The molecule has 1 nitrogen and oxygen atoms in total. The Morgan fingerprint density at radius 2 is 1.12 bits per heavy atom. The van der Waals surface area contributed by atoms with Crippen molar-refractivity contribution in [2.24, 2.45) is 5.41 Å². The van der Waals surface area contributed by atoms with E-state index in [0.29, 0.717) is 0 Å². The summed E-state index contributed by atoms with van der Waals surface area (Å²) in [6, 6.07) is 0. The molecule has 1 aliphatic carbocycles. The zero-order valence-electron chi connectivity index (χ0n) is 10.6. The molecule has 0 aromatic heterocycles. The van der Waals surface area contributed by atoms with Gasteiger partial charge < -0.3 is 0 Å². The predicted molar refractivity (Wildman–Crippen MR) is 69.8 cm³/mol. The van der Waals surface area contributed by atoms with Crippen molar-refractivity contribution < 1.29 is 4.79 Å². The molecule has 0 amide bonds. The second-order valence-corrected chi connectivity index (χ2v) is 5.86. The van der Waals surface area contributed by atoms with Gasteiger partial charge in [0, 0.05) is 5.41 Å². The SMILES string of the molecule is CC1(C(=O)Cl)CCCCCCCCCCC1. The first-order valence-electron chi connectivity index (χ1n) is 6.85. The Labute approximate surface area is 105 Å². The van der Waals surface area contributed by atoms with Crippen molar-refractivity contribution in [3.63, 3.8) is 0 Å². The summed E-state index contributed by atoms with van der Waals surface area (Å²) in [5, 5.41) is -0.121. The minimum Gasteiger partial charge on any atom is -0.281 e. The van der Waals surface area contributed by atoms with Crippen LogP contribution in [0.2, 0.25) is 0 Å². The highest BCUT2D eigenvalue weighted by atomic mass is 35.5. The van der Waals surface area contributed by atoms with E-state index >= 15 is 0 Å². The van der Waals surface area contributed by atoms with Crippen LogP contribution in [0.3, 0.4) is 0 Å². The molecule has 0 N–H and O–H groups in total. The first-order chi connectivity index (χ1) is 7.65. The lowest BCUT2D eigenvalue weighted by atomic mass is 9.80. The summed E-state index contributed by atoms with van der Waals surface area (Å²) in [5.74, 6) is 0. The molecule has 16 heavy (non-hydrogen) atoms. The van der Waals surface area contributed by atoms with Gasteiger partial charge in [0.2, 0.25) is 5.24 Å². The van der Waals surface area contributed by atoms with E-state index in [9.17, 15) is 4.79 Å². The number of hydrogen-bond acceptors (Lipinski definition) is 1. The zero-order chi connectivity index (χ0) is 11.9. The predicted octanol–water partition coefficient (Wildman–Crippen LogP) is 5.06. The molecule has 0 heterocycles. The molecule has 0 bridgehead atoms. The van der Waals surface area contributed by atoms with Crippen LogP contribution in [0.15, 0.2) is 0 Å². The monoisotopic (exact) mass is 244 g/mol. The number of rotatable bonds is 1. The summed E-state index contributed by atoms with van der Waals surface area (Å²) >= 11 is 5.75. The maximum atomic E-state index is 11.5. The topological polar surface area (TPSA) is 17.1 Å². The van der Waals surface area contributed by atoms with Gasteiger partial charge in [-0.1, -0.05) is 64.7 Å². The quantitative estimate of drug-likeness (QED) is 0.589. The Morgan fingerprint density at radius 3 is 1.44 bits per heavy atom. The minimum absolute atomic E-state index is 0.121. The van der Waals surface area contributed by atoms with Crippen molar-refractivity contribution in [2.45, 2.75) is 77.6 Å². The molecule has 94 valence electrons. The molecule has 0 aromatic rings. The Morgan fingerprint density at radius 1 is 0.812 bits per heavy atom. The smallest absolute Gasteiger partial charge is 0.227 e. The highest BCUT2D eigenvalue weighted by Crippen LogP contribution is 2.34. The van der Waals surface area contributed by atoms with Crippen LogP contribution in [0.4, 0.5) is 0 Å². The molecule has 0 spiro atoms. The lowest BCUT2D eigenvalue weighted by molar-refractivity contribution is -0.120. The molecule has 0 radical (unpaired) electrons. The molecule has 1 rings (SSSR count). The van der Waals surface area contributed by atoms with Crippen LogP contribution in [-0.4, -0.2) is 5.24 Å². The largest absolute Gasteiger partial charge is 0.281 e. The summed E-state index contributed by atoms with van der Waals surface area (Å²) in [4.78, 5) is 11.5. The summed E-state index contributed by atoms with van der Waals surface area (Å²) in [5.41, 5.74) is -0.249. The molecule has 0 aliphatic heterocycles. The third-order valence-electron chi connectivity index (χ3n) is 3.93. The minimum atomic E-state index is -0.249. The van der Waals surface area contributed by atoms with E-state index in [-0.39, 0.29) is 10.7 Å². The Bertz CT molecular complexity index is 201. The van der Waals surface area contributed by atoms with Crippen molar-refractivity contribution in [1.82, 2.24) is 0 Å². The molecule has 0 atom stereocenters. The molecule has 1 saturated carbocycles. The van der Waals surface area contributed by atoms with Crippen molar-refractivity contribution in [3.8, 4) is 0 Å². The number of halogens is 1. The summed E-state index contributed by atoms with van der Waals surface area (Å²) < 4.78 is 0. The van der Waals surface area contributed by atoms with E-state index in [1.54, 1.807) is 0 Å². The van der Waals surface area contributed by atoms with Crippen LogP contribution in [0.1, 0.15) is 77.6 Å². The van der Waals surface area contributed by atoms with Gasteiger partial charge in [0.15, 0.2) is 0 Å². The van der Waals surface area contributed by atoms with Crippen molar-refractivity contribution in [2.75, 3.05) is 0 Å². The summed E-state index contributed by atoms with van der Waals surface area (Å²) in [7, 11) is 0. The fraction of sp³-hybridized carbons (Fsp3) is 0.929. The molecule has 2 heteroatoms. The normalized spacial score (nSPS) is 24.1. The maximum Gasteiger partial charge on any atom is 0.227 e. The van der Waals surface area contributed by atoms with Gasteiger partial charge in [-0.05, 0) is 24.4 Å². The van der Waals surface area contributed by atoms with Crippen molar-refractivity contribution in [3.05, 3.63) is 0 Å². The Kier molecular flexibility index (Phi) is 6.41. The number of carbonyl (C=O) groups excluding carboxylic acids is 1. The lowest BCUT2D eigenvalue weighted by Gasteiger charge is -2.25. The second kappa shape index (κ2) is 7.32. The number of hydrogen-bond donors (Lipinski definition) is 0. The lowest BCUT2D eigenvalue weighted by Crippen LogP contribution is -2.24. The van der Waals surface area contributed by atoms with Crippen LogP contribution in [-0.2, 0) is 4.79 Å². The van der Waals surface area contributed by atoms with Gasteiger partial charge >= 0.3 is 0 Å². The van der Waals surface area contributed by atoms with E-state index in [2.05, 4.69) is 0 Å². The van der Waals surface area contributed by atoms with E-state index in [1.165, 1.54) is 44.9 Å². The van der Waals surface area contributed by atoms with E-state index < -0.39 is 0 Å². The zero-order valence-corrected chi connectivity index (χ0v) is 11.3. The van der Waals surface area contributed by atoms with Crippen LogP contribution >= 0.6 is 11.6 Å². The van der Waals surface area contributed by atoms with E-state index in [4.69, 9.17) is 11.6 Å². The van der Waals surface area contributed by atoms with Gasteiger partial charge in [-0.25, -0.2) is 0 Å². The standard InChI is InChI=1S/C14H25ClO/c1-14(13(15)16)11-9-7-5-3-2-4-6-8-10-12-14/h2-12H2,1H3. The molecule has 0 aromatic carbocycles. The molecule has 1 aliphatic rings. The average Bonchev–Trinajstić information content (AvgIpc) is 2.23. The first-order valence-corrected chi connectivity index (χ1v) is 7.23. The molecule has 0 unspecified atom stereocenters. The van der Waals surface area contributed by atoms with Gasteiger partial charge in [-0.15, -0.1) is 0 Å². The highest BCUT2D eigenvalue weighted by molar-refractivity contribution is 6.64. The Balaban J connectivity index is 2.45. The summed E-state index contributed by atoms with van der Waals surface area (Å²) in [6.07, 6.45) is 13.6. The molecule has 0 saturated heterocycles. The van der Waals surface area contributed by atoms with Gasteiger partial charge in [-0.3, -0.25) is 4.79 Å². The third-order valence-corrected chi connectivity index (χ3v) is 4.39. The number of carbonyl (C=O) groups is 1. The van der Waals surface area contributed by atoms with Gasteiger partial charge in [0.05, 0.1) is 0 Å². The van der Waals surface area contributed by atoms with Crippen LogP contribution in [0.5, 0.6) is 0 Å². The maximum absolute atomic E-state index is 11.5. The van der Waals surface area contributed by atoms with E-state index in [1.807, 2.05) is 6.92 Å². The van der Waals surface area contributed by atoms with Crippen LogP contribution in [0, 0.1) is 5.41 Å². The van der Waals surface area contributed by atoms with Crippen molar-refractivity contribution >= 4 is 16.8 Å². The summed E-state index contributed by atoms with van der Waals surface area (Å²) in [6.45, 7) is 2.05. The molecular weight excluding hydrogens is 220 g/mol. The van der Waals surface area contributed by atoms with Gasteiger partial charge in [-0.2, -0.15) is 0 Å². The average molecular weight is 245 g/mol. The van der Waals surface area contributed by atoms with Gasteiger partial charge in [0.1, 0.15) is 0 Å². The second-order valence-electron chi connectivity index (χ2n) is 5.52. The van der Waals surface area contributed by atoms with Crippen LogP contribution < -0.4 is 0 Å².